The number of allylic oxidation sites excluding steroid dienone is 6. The molecular weight excluding hydrogens is 120 g/mol. The van der Waals surface area contributed by atoms with Crippen LogP contribution >= 0.6 is 0 Å². The average molecular weight is 133 g/mol. The Kier molecular flexibility index (Phi) is 3.69. The van der Waals surface area contributed by atoms with Gasteiger partial charge in [0.15, 0.2) is 0 Å². The van der Waals surface area contributed by atoms with Gasteiger partial charge in [-0.2, -0.15) is 0 Å². The standard InChI is InChI=1S/C10H13/c1-2-4-6-8-10-9-7-5-3-1/h1-4,9H,5-8H2/b3-1-,4-2-,10-9?. The van der Waals surface area contributed by atoms with Gasteiger partial charge in [-0.15, -0.1) is 0 Å². The fourth-order valence-electron chi connectivity index (χ4n) is 0.900. The lowest BCUT2D eigenvalue weighted by Crippen LogP contribution is -1.70. The second kappa shape index (κ2) is 5.04. The van der Waals surface area contributed by atoms with Gasteiger partial charge in [0.05, 0.1) is 0 Å². The third-order valence-electron chi connectivity index (χ3n) is 1.46. The van der Waals surface area contributed by atoms with Crippen molar-refractivity contribution in [3.8, 4) is 0 Å². The van der Waals surface area contributed by atoms with E-state index in [2.05, 4.69) is 36.5 Å². The lowest BCUT2D eigenvalue weighted by molar-refractivity contribution is 0.978. The Balaban J connectivity index is 2.38. The third kappa shape index (κ3) is 3.29. The number of rotatable bonds is 0. The molecular formula is C10H13. The normalized spacial score (nSPS) is 28.8. The van der Waals surface area contributed by atoms with Crippen molar-refractivity contribution >= 4 is 0 Å². The van der Waals surface area contributed by atoms with Crippen molar-refractivity contribution in [3.63, 3.8) is 0 Å². The maximum absolute atomic E-state index is 3.24. The first kappa shape index (κ1) is 7.33. The zero-order valence-electron chi connectivity index (χ0n) is 6.22. The molecule has 0 N–H and O–H groups in total. The first-order valence-corrected chi connectivity index (χ1v) is 3.87. The van der Waals surface area contributed by atoms with E-state index in [9.17, 15) is 0 Å². The van der Waals surface area contributed by atoms with E-state index in [0.29, 0.717) is 0 Å². The van der Waals surface area contributed by atoms with E-state index in [1.54, 1.807) is 0 Å². The fraction of sp³-hybridized carbons (Fsp3) is 0.400. The summed E-state index contributed by atoms with van der Waals surface area (Å²) >= 11 is 0. The summed E-state index contributed by atoms with van der Waals surface area (Å²) in [5.41, 5.74) is 0. The second-order valence-electron chi connectivity index (χ2n) is 2.38. The summed E-state index contributed by atoms with van der Waals surface area (Å²) in [6.45, 7) is 0. The number of hydrogen-bond acceptors (Lipinski definition) is 0. The molecule has 53 valence electrons. The van der Waals surface area contributed by atoms with Crippen LogP contribution in [-0.4, -0.2) is 0 Å². The molecule has 0 bridgehead atoms. The highest BCUT2D eigenvalue weighted by Crippen LogP contribution is 1.99. The molecule has 1 aliphatic carbocycles. The molecule has 0 aromatic rings. The van der Waals surface area contributed by atoms with Crippen molar-refractivity contribution in [1.29, 1.82) is 0 Å². The molecule has 0 aliphatic heterocycles. The summed E-state index contributed by atoms with van der Waals surface area (Å²) in [5.74, 6) is 0. The Morgan fingerprint density at radius 3 is 2.60 bits per heavy atom. The molecule has 0 nitrogen and oxygen atoms in total. The molecule has 0 heterocycles. The van der Waals surface area contributed by atoms with E-state index < -0.39 is 0 Å². The van der Waals surface area contributed by atoms with Gasteiger partial charge in [-0.1, -0.05) is 30.4 Å². The largest absolute Gasteiger partial charge is 0.0842 e. The molecule has 1 aliphatic rings. The van der Waals surface area contributed by atoms with Crippen LogP contribution in [0.5, 0.6) is 0 Å². The molecule has 0 atom stereocenters. The average Bonchev–Trinajstić information content (AvgIpc) is 2.01. The van der Waals surface area contributed by atoms with Gasteiger partial charge in [-0.05, 0) is 31.8 Å². The summed E-state index contributed by atoms with van der Waals surface area (Å²) in [6, 6.07) is 0. The van der Waals surface area contributed by atoms with Gasteiger partial charge < -0.3 is 0 Å². The van der Waals surface area contributed by atoms with E-state index in [4.69, 9.17) is 0 Å². The van der Waals surface area contributed by atoms with Crippen LogP contribution in [0.3, 0.4) is 0 Å². The third-order valence-corrected chi connectivity index (χ3v) is 1.46. The molecule has 0 aromatic carbocycles. The Hall–Kier alpha value is -0.780. The molecule has 0 heteroatoms. The molecule has 10 heavy (non-hydrogen) atoms. The molecule has 0 aromatic heterocycles. The zero-order valence-corrected chi connectivity index (χ0v) is 6.22. The highest BCUT2D eigenvalue weighted by atomic mass is 13.9. The summed E-state index contributed by atoms with van der Waals surface area (Å²) in [6.07, 6.45) is 18.5. The molecule has 1 rings (SSSR count). The van der Waals surface area contributed by atoms with Crippen molar-refractivity contribution < 1.29 is 0 Å². The Bertz CT molecular complexity index is 131. The van der Waals surface area contributed by atoms with Gasteiger partial charge in [0.2, 0.25) is 0 Å². The van der Waals surface area contributed by atoms with Crippen LogP contribution in [0.1, 0.15) is 25.7 Å². The Morgan fingerprint density at radius 1 is 0.900 bits per heavy atom. The van der Waals surface area contributed by atoms with Crippen molar-refractivity contribution in [2.24, 2.45) is 0 Å². The first-order valence-electron chi connectivity index (χ1n) is 3.87. The molecule has 0 saturated heterocycles. The summed E-state index contributed by atoms with van der Waals surface area (Å²) in [4.78, 5) is 0. The molecule has 0 fully saturated rings. The molecule has 0 saturated carbocycles. The van der Waals surface area contributed by atoms with E-state index in [1.165, 1.54) is 0 Å². The summed E-state index contributed by atoms with van der Waals surface area (Å²) in [7, 11) is 0. The van der Waals surface area contributed by atoms with E-state index in [0.717, 1.165) is 25.7 Å². The predicted molar refractivity (Wildman–Crippen MR) is 44.6 cm³/mol. The van der Waals surface area contributed by atoms with Gasteiger partial charge in [0.25, 0.3) is 0 Å². The van der Waals surface area contributed by atoms with Gasteiger partial charge >= 0.3 is 0 Å². The van der Waals surface area contributed by atoms with Gasteiger partial charge in [-0.25, -0.2) is 0 Å². The predicted octanol–water partition coefficient (Wildman–Crippen LogP) is 3.03. The van der Waals surface area contributed by atoms with Crippen molar-refractivity contribution in [3.05, 3.63) is 36.5 Å². The number of hydrogen-bond donors (Lipinski definition) is 0. The van der Waals surface area contributed by atoms with Crippen LogP contribution in [0.25, 0.3) is 0 Å². The van der Waals surface area contributed by atoms with E-state index in [-0.39, 0.29) is 0 Å². The van der Waals surface area contributed by atoms with Crippen LogP contribution < -0.4 is 0 Å². The van der Waals surface area contributed by atoms with Crippen molar-refractivity contribution in [1.82, 2.24) is 0 Å². The minimum Gasteiger partial charge on any atom is -0.0842 e. The summed E-state index contributed by atoms with van der Waals surface area (Å²) < 4.78 is 0. The maximum atomic E-state index is 3.24. The summed E-state index contributed by atoms with van der Waals surface area (Å²) in [5, 5.41) is 0. The van der Waals surface area contributed by atoms with E-state index in [1.807, 2.05) is 0 Å². The van der Waals surface area contributed by atoms with Gasteiger partial charge in [0.1, 0.15) is 0 Å². The maximum Gasteiger partial charge on any atom is -0.0245 e. The highest BCUT2D eigenvalue weighted by molar-refractivity contribution is 5.03. The fourth-order valence-corrected chi connectivity index (χ4v) is 0.900. The first-order chi connectivity index (χ1) is 5.00. The quantitative estimate of drug-likeness (QED) is 0.476. The topological polar surface area (TPSA) is 0 Å². The Morgan fingerprint density at radius 2 is 1.70 bits per heavy atom. The lowest BCUT2D eigenvalue weighted by atomic mass is 10.2. The van der Waals surface area contributed by atoms with Gasteiger partial charge in [-0.3, -0.25) is 0 Å². The van der Waals surface area contributed by atoms with Crippen molar-refractivity contribution in [2.45, 2.75) is 25.7 Å². The molecule has 0 spiro atoms. The van der Waals surface area contributed by atoms with Crippen molar-refractivity contribution in [2.75, 3.05) is 0 Å². The SMILES string of the molecule is [C]1=C\CC/C=C\C=C/CC/1. The second-order valence-corrected chi connectivity index (χ2v) is 2.38. The van der Waals surface area contributed by atoms with Gasteiger partial charge in [0, 0.05) is 0 Å². The zero-order chi connectivity index (χ0) is 7.07. The monoisotopic (exact) mass is 133 g/mol. The molecule has 0 amide bonds. The van der Waals surface area contributed by atoms with Crippen LogP contribution in [0, 0.1) is 6.08 Å². The minimum absolute atomic E-state index is 1.07. The van der Waals surface area contributed by atoms with Crippen LogP contribution in [0.4, 0.5) is 0 Å². The smallest absolute Gasteiger partial charge is 0.0245 e. The van der Waals surface area contributed by atoms with Crippen LogP contribution in [0.2, 0.25) is 0 Å². The highest BCUT2D eigenvalue weighted by Gasteiger charge is 1.80. The lowest BCUT2D eigenvalue weighted by Gasteiger charge is -1.89. The molecule has 0 unspecified atom stereocenters. The van der Waals surface area contributed by atoms with Crippen LogP contribution in [0.15, 0.2) is 30.4 Å². The Labute approximate surface area is 62.9 Å². The van der Waals surface area contributed by atoms with Crippen LogP contribution in [-0.2, 0) is 0 Å². The molecule has 1 radical (unpaired) electrons. The minimum atomic E-state index is 1.07. The van der Waals surface area contributed by atoms with E-state index >= 15 is 0 Å².